The summed E-state index contributed by atoms with van der Waals surface area (Å²) in [4.78, 5) is 20.6. The second-order valence-corrected chi connectivity index (χ2v) is 6.36. The van der Waals surface area contributed by atoms with Gasteiger partial charge < -0.3 is 14.6 Å². The molecule has 2 aromatic carbocycles. The summed E-state index contributed by atoms with van der Waals surface area (Å²) in [7, 11) is 0. The Kier molecular flexibility index (Phi) is 5.29. The number of hydrogen-bond acceptors (Lipinski definition) is 6. The summed E-state index contributed by atoms with van der Waals surface area (Å²) in [6, 6.07) is 18.6. The first-order chi connectivity index (χ1) is 14.2. The SMILES string of the molecule is Cc1ccc(-c2noc(-c3ccccc3OCC(=O)Nc3cccnc3)n2)cc1. The van der Waals surface area contributed by atoms with E-state index in [0.29, 0.717) is 28.7 Å². The third-order valence-electron chi connectivity index (χ3n) is 4.16. The zero-order valence-electron chi connectivity index (χ0n) is 15.7. The minimum atomic E-state index is -0.293. The van der Waals surface area contributed by atoms with Gasteiger partial charge in [-0.05, 0) is 31.2 Å². The van der Waals surface area contributed by atoms with Gasteiger partial charge in [0.05, 0.1) is 17.4 Å². The Hall–Kier alpha value is -4.00. The third-order valence-corrected chi connectivity index (χ3v) is 4.16. The number of nitrogens with one attached hydrogen (secondary N) is 1. The summed E-state index contributed by atoms with van der Waals surface area (Å²) in [5.74, 6) is 1.000. The predicted octanol–water partition coefficient (Wildman–Crippen LogP) is 4.12. The average molecular weight is 386 g/mol. The molecule has 0 aliphatic carbocycles. The van der Waals surface area contributed by atoms with Gasteiger partial charge in [0.25, 0.3) is 11.8 Å². The molecule has 0 aliphatic rings. The smallest absolute Gasteiger partial charge is 0.262 e. The molecule has 2 heterocycles. The molecule has 1 amide bonds. The number of anilines is 1. The van der Waals surface area contributed by atoms with E-state index in [2.05, 4.69) is 20.4 Å². The maximum atomic E-state index is 12.1. The zero-order chi connectivity index (χ0) is 20.1. The molecule has 2 aromatic heterocycles. The average Bonchev–Trinajstić information content (AvgIpc) is 3.24. The number of hydrogen-bond donors (Lipinski definition) is 1. The van der Waals surface area contributed by atoms with Crippen LogP contribution in [-0.4, -0.2) is 27.6 Å². The predicted molar refractivity (Wildman–Crippen MR) is 108 cm³/mol. The van der Waals surface area contributed by atoms with Gasteiger partial charge in [0.2, 0.25) is 5.82 Å². The number of carbonyl (C=O) groups is 1. The summed E-state index contributed by atoms with van der Waals surface area (Å²) >= 11 is 0. The van der Waals surface area contributed by atoms with Gasteiger partial charge in [-0.3, -0.25) is 9.78 Å². The number of aromatic nitrogens is 3. The molecule has 0 spiro atoms. The normalized spacial score (nSPS) is 10.5. The summed E-state index contributed by atoms with van der Waals surface area (Å²) in [6.45, 7) is 1.86. The Morgan fingerprint density at radius 2 is 1.90 bits per heavy atom. The fraction of sp³-hybridized carbons (Fsp3) is 0.0909. The molecule has 0 aliphatic heterocycles. The number of ether oxygens (including phenoxy) is 1. The van der Waals surface area contributed by atoms with E-state index in [1.165, 1.54) is 0 Å². The van der Waals surface area contributed by atoms with Crippen molar-refractivity contribution in [2.45, 2.75) is 6.92 Å². The Labute approximate surface area is 167 Å². The molecule has 4 aromatic rings. The highest BCUT2D eigenvalue weighted by atomic mass is 16.5. The highest BCUT2D eigenvalue weighted by Gasteiger charge is 2.15. The molecule has 1 N–H and O–H groups in total. The Balaban J connectivity index is 1.48. The Morgan fingerprint density at radius 3 is 2.69 bits per heavy atom. The van der Waals surface area contributed by atoms with Gasteiger partial charge in [-0.1, -0.05) is 47.1 Å². The number of pyridine rings is 1. The van der Waals surface area contributed by atoms with Crippen LogP contribution in [0.1, 0.15) is 5.56 Å². The number of rotatable bonds is 6. The van der Waals surface area contributed by atoms with Crippen LogP contribution in [0.3, 0.4) is 0 Å². The lowest BCUT2D eigenvalue weighted by Crippen LogP contribution is -2.20. The lowest BCUT2D eigenvalue weighted by molar-refractivity contribution is -0.118. The number of nitrogens with zero attached hydrogens (tertiary/aromatic N) is 3. The van der Waals surface area contributed by atoms with Crippen molar-refractivity contribution in [2.75, 3.05) is 11.9 Å². The fourth-order valence-corrected chi connectivity index (χ4v) is 2.70. The van der Waals surface area contributed by atoms with E-state index in [1.54, 1.807) is 36.7 Å². The highest BCUT2D eigenvalue weighted by Crippen LogP contribution is 2.30. The van der Waals surface area contributed by atoms with Gasteiger partial charge >= 0.3 is 0 Å². The molecular weight excluding hydrogens is 368 g/mol. The van der Waals surface area contributed by atoms with Crippen molar-refractivity contribution in [3.05, 3.63) is 78.6 Å². The van der Waals surface area contributed by atoms with Gasteiger partial charge in [0, 0.05) is 11.8 Å². The van der Waals surface area contributed by atoms with Crippen molar-refractivity contribution in [2.24, 2.45) is 0 Å². The molecule has 7 heteroatoms. The fourth-order valence-electron chi connectivity index (χ4n) is 2.70. The van der Waals surface area contributed by atoms with Crippen molar-refractivity contribution in [3.63, 3.8) is 0 Å². The minimum absolute atomic E-state index is 0.162. The molecule has 0 fully saturated rings. The molecule has 29 heavy (non-hydrogen) atoms. The van der Waals surface area contributed by atoms with Gasteiger partial charge in [0.1, 0.15) is 5.75 Å². The molecule has 0 saturated carbocycles. The van der Waals surface area contributed by atoms with Crippen LogP contribution < -0.4 is 10.1 Å². The molecule has 144 valence electrons. The van der Waals surface area contributed by atoms with Gasteiger partial charge in [-0.15, -0.1) is 0 Å². The van der Waals surface area contributed by atoms with Gasteiger partial charge in [-0.2, -0.15) is 4.98 Å². The Morgan fingerprint density at radius 1 is 1.07 bits per heavy atom. The number of carbonyl (C=O) groups excluding carboxylic acids is 1. The van der Waals surface area contributed by atoms with Crippen LogP contribution >= 0.6 is 0 Å². The van der Waals surface area contributed by atoms with Crippen molar-refractivity contribution in [3.8, 4) is 28.6 Å². The lowest BCUT2D eigenvalue weighted by Gasteiger charge is -2.09. The van der Waals surface area contributed by atoms with Crippen molar-refractivity contribution < 1.29 is 14.1 Å². The molecular formula is C22H18N4O3. The van der Waals surface area contributed by atoms with E-state index in [1.807, 2.05) is 43.3 Å². The van der Waals surface area contributed by atoms with E-state index in [-0.39, 0.29) is 12.5 Å². The number of aryl methyl sites for hydroxylation is 1. The number of para-hydroxylation sites is 1. The quantitative estimate of drug-likeness (QED) is 0.536. The van der Waals surface area contributed by atoms with Crippen LogP contribution in [0.5, 0.6) is 5.75 Å². The van der Waals surface area contributed by atoms with Crippen LogP contribution in [0.2, 0.25) is 0 Å². The molecule has 0 bridgehead atoms. The van der Waals surface area contributed by atoms with Crippen molar-refractivity contribution >= 4 is 11.6 Å². The van der Waals surface area contributed by atoms with E-state index in [0.717, 1.165) is 11.1 Å². The first kappa shape index (κ1) is 18.4. The molecule has 0 atom stereocenters. The largest absolute Gasteiger partial charge is 0.483 e. The van der Waals surface area contributed by atoms with Crippen molar-refractivity contribution in [1.29, 1.82) is 0 Å². The highest BCUT2D eigenvalue weighted by molar-refractivity contribution is 5.91. The second-order valence-electron chi connectivity index (χ2n) is 6.36. The molecule has 4 rings (SSSR count). The summed E-state index contributed by atoms with van der Waals surface area (Å²) in [5, 5.41) is 6.78. The lowest BCUT2D eigenvalue weighted by atomic mass is 10.1. The van der Waals surface area contributed by atoms with Crippen LogP contribution in [0.15, 0.2) is 77.6 Å². The standard InChI is InChI=1S/C22H18N4O3/c1-15-8-10-16(11-9-15)21-25-22(29-26-21)18-6-2-3-7-19(18)28-14-20(27)24-17-5-4-12-23-13-17/h2-13H,14H2,1H3,(H,24,27). The first-order valence-corrected chi connectivity index (χ1v) is 9.02. The van der Waals surface area contributed by atoms with Crippen LogP contribution in [0, 0.1) is 6.92 Å². The Bertz CT molecular complexity index is 1110. The van der Waals surface area contributed by atoms with Gasteiger partial charge in [0.15, 0.2) is 6.61 Å². The first-order valence-electron chi connectivity index (χ1n) is 9.02. The van der Waals surface area contributed by atoms with Crippen LogP contribution in [0.25, 0.3) is 22.8 Å². The van der Waals surface area contributed by atoms with Gasteiger partial charge in [-0.25, -0.2) is 0 Å². The molecule has 0 saturated heterocycles. The van der Waals surface area contributed by atoms with Crippen LogP contribution in [-0.2, 0) is 4.79 Å². The zero-order valence-corrected chi connectivity index (χ0v) is 15.7. The molecule has 0 radical (unpaired) electrons. The molecule has 7 nitrogen and oxygen atoms in total. The monoisotopic (exact) mass is 386 g/mol. The van der Waals surface area contributed by atoms with E-state index >= 15 is 0 Å². The number of benzene rings is 2. The third kappa shape index (κ3) is 4.47. The maximum Gasteiger partial charge on any atom is 0.262 e. The van der Waals surface area contributed by atoms with Crippen LogP contribution in [0.4, 0.5) is 5.69 Å². The van der Waals surface area contributed by atoms with Crippen molar-refractivity contribution in [1.82, 2.24) is 15.1 Å². The van der Waals surface area contributed by atoms with E-state index in [4.69, 9.17) is 9.26 Å². The van der Waals surface area contributed by atoms with E-state index in [9.17, 15) is 4.79 Å². The maximum absolute atomic E-state index is 12.1. The topological polar surface area (TPSA) is 90.1 Å². The minimum Gasteiger partial charge on any atom is -0.483 e. The van der Waals surface area contributed by atoms with E-state index < -0.39 is 0 Å². The summed E-state index contributed by atoms with van der Waals surface area (Å²) < 4.78 is 11.1. The second kappa shape index (κ2) is 8.35. The summed E-state index contributed by atoms with van der Waals surface area (Å²) in [5.41, 5.74) is 3.24. The molecule has 0 unspecified atom stereocenters. The summed E-state index contributed by atoms with van der Waals surface area (Å²) in [6.07, 6.45) is 3.20. The number of amides is 1.